The molecule has 3 aromatic rings. The Hall–Kier alpha value is -4.61. The number of benzene rings is 2. The number of nitrogens with one attached hydrogen (secondary N) is 2. The number of H-pyrrole nitrogens is 1. The number of rotatable bonds is 14. The molecule has 0 fully saturated rings. The van der Waals surface area contributed by atoms with Gasteiger partial charge in [-0.25, -0.2) is 4.98 Å². The van der Waals surface area contributed by atoms with Gasteiger partial charge in [-0.15, -0.1) is 0 Å². The molecule has 5 heteroatoms. The highest BCUT2D eigenvalue weighted by Gasteiger charge is 2.15. The average Bonchev–Trinajstić information content (AvgIpc) is 3.43. The largest absolute Gasteiger partial charge is 0.388 e. The summed E-state index contributed by atoms with van der Waals surface area (Å²) >= 11 is 0. The number of hydrogen-bond donors (Lipinski definition) is 2. The summed E-state index contributed by atoms with van der Waals surface area (Å²) in [6, 6.07) is 16.7. The van der Waals surface area contributed by atoms with Crippen molar-refractivity contribution < 1.29 is 4.74 Å². The molecule has 0 unspecified atom stereocenters. The molecule has 2 aromatic carbocycles. The monoisotopic (exact) mass is 532 g/mol. The van der Waals surface area contributed by atoms with E-state index in [-0.39, 0.29) is 0 Å². The molecule has 0 aliphatic carbocycles. The maximum atomic E-state index is 5.61. The fourth-order valence-electron chi connectivity index (χ4n) is 3.88. The molecule has 3 rings (SSSR count). The summed E-state index contributed by atoms with van der Waals surface area (Å²) in [5.74, 6) is 0.798. The summed E-state index contributed by atoms with van der Waals surface area (Å²) in [6.07, 6.45) is 19.6. The Morgan fingerprint density at radius 2 is 1.65 bits per heavy atom. The van der Waals surface area contributed by atoms with Crippen molar-refractivity contribution in [1.29, 1.82) is 0 Å². The van der Waals surface area contributed by atoms with Gasteiger partial charge in [0.15, 0.2) is 0 Å². The number of imidazole rings is 1. The molecule has 0 aliphatic heterocycles. The van der Waals surface area contributed by atoms with E-state index in [1.165, 1.54) is 0 Å². The maximum Gasteiger partial charge on any atom is 0.138 e. The van der Waals surface area contributed by atoms with Gasteiger partial charge in [0.25, 0.3) is 0 Å². The second-order valence-electron chi connectivity index (χ2n) is 9.21. The maximum absolute atomic E-state index is 5.61. The van der Waals surface area contributed by atoms with Gasteiger partial charge in [-0.3, -0.25) is 0 Å². The summed E-state index contributed by atoms with van der Waals surface area (Å²) in [6.45, 7) is 11.1. The molecule has 40 heavy (non-hydrogen) atoms. The van der Waals surface area contributed by atoms with Gasteiger partial charge >= 0.3 is 0 Å². The van der Waals surface area contributed by atoms with Gasteiger partial charge in [0.2, 0.25) is 0 Å². The summed E-state index contributed by atoms with van der Waals surface area (Å²) in [4.78, 5) is 10.6. The second kappa shape index (κ2) is 15.7. The van der Waals surface area contributed by atoms with E-state index in [1.807, 2.05) is 76.7 Å². The fraction of sp³-hybridized carbons (Fsp3) is 0.171. The van der Waals surface area contributed by atoms with Crippen LogP contribution in [0.25, 0.3) is 34.3 Å². The van der Waals surface area contributed by atoms with Gasteiger partial charge in [-0.2, -0.15) is 0 Å². The van der Waals surface area contributed by atoms with Crippen LogP contribution in [0.15, 0.2) is 122 Å². The molecule has 1 heterocycles. The van der Waals surface area contributed by atoms with Crippen molar-refractivity contribution in [3.05, 3.63) is 133 Å². The minimum absolute atomic E-state index is 0.549. The number of ether oxygens (including phenoxy) is 1. The van der Waals surface area contributed by atoms with Crippen LogP contribution in [0.5, 0.6) is 0 Å². The minimum atomic E-state index is 0.549. The van der Waals surface area contributed by atoms with E-state index in [9.17, 15) is 0 Å². The van der Waals surface area contributed by atoms with E-state index in [0.717, 1.165) is 50.9 Å². The molecule has 0 spiro atoms. The Kier molecular flexibility index (Phi) is 11.8. The lowest BCUT2D eigenvalue weighted by Gasteiger charge is -2.12. The average molecular weight is 533 g/mol. The van der Waals surface area contributed by atoms with Crippen LogP contribution >= 0.6 is 0 Å². The molecule has 5 nitrogen and oxygen atoms in total. The van der Waals surface area contributed by atoms with E-state index in [0.29, 0.717) is 13.2 Å². The summed E-state index contributed by atoms with van der Waals surface area (Å²) in [5.41, 5.74) is 7.91. The van der Waals surface area contributed by atoms with Crippen molar-refractivity contribution in [2.24, 2.45) is 0 Å². The highest BCUT2D eigenvalue weighted by molar-refractivity contribution is 5.83. The molecule has 0 aliphatic rings. The van der Waals surface area contributed by atoms with Crippen LogP contribution in [0.4, 0.5) is 5.69 Å². The molecule has 206 valence electrons. The van der Waals surface area contributed by atoms with Crippen LogP contribution in [0.2, 0.25) is 0 Å². The number of likely N-dealkylation sites (N-methyl/N-ethyl adjacent to an activating group) is 1. The molecule has 0 radical (unpaired) electrons. The Labute approximate surface area is 239 Å². The Morgan fingerprint density at radius 3 is 2.30 bits per heavy atom. The van der Waals surface area contributed by atoms with E-state index in [4.69, 9.17) is 9.72 Å². The molecule has 0 amide bonds. The Morgan fingerprint density at radius 1 is 0.950 bits per heavy atom. The number of aromatic amines is 1. The lowest BCUT2D eigenvalue weighted by molar-refractivity contribution is 0.194. The third-order valence-corrected chi connectivity index (χ3v) is 6.16. The Balaban J connectivity index is 1.80. The lowest BCUT2D eigenvalue weighted by atomic mass is 10.1. The highest BCUT2D eigenvalue weighted by Crippen LogP contribution is 2.31. The van der Waals surface area contributed by atoms with Crippen LogP contribution in [-0.4, -0.2) is 44.3 Å². The van der Waals surface area contributed by atoms with Crippen LogP contribution < -0.4 is 10.2 Å². The van der Waals surface area contributed by atoms with E-state index in [1.54, 1.807) is 6.08 Å². The van der Waals surface area contributed by atoms with Gasteiger partial charge in [0, 0.05) is 43.7 Å². The summed E-state index contributed by atoms with van der Waals surface area (Å²) in [7, 11) is 5.98. The van der Waals surface area contributed by atoms with Gasteiger partial charge < -0.3 is 19.9 Å². The zero-order valence-corrected chi connectivity index (χ0v) is 24.0. The van der Waals surface area contributed by atoms with Gasteiger partial charge in [0.05, 0.1) is 24.6 Å². The molecule has 0 atom stereocenters. The van der Waals surface area contributed by atoms with Gasteiger partial charge in [-0.05, 0) is 36.3 Å². The highest BCUT2D eigenvalue weighted by atomic mass is 16.5. The topological polar surface area (TPSA) is 53.2 Å². The number of nitrogens with zero attached hydrogens (tertiary/aromatic N) is 2. The Bertz CT molecular complexity index is 1400. The SMILES string of the molecule is C=C/C=C\C=C/COC/C=C/c1ccc(-c2nc(-c3ccc(N(C)C)cc3)c(C(=C)/C=C\C(=C/C)NC)[nH]2)cc1. The first-order valence-corrected chi connectivity index (χ1v) is 13.3. The van der Waals surface area contributed by atoms with E-state index >= 15 is 0 Å². The first-order chi connectivity index (χ1) is 19.5. The minimum Gasteiger partial charge on any atom is -0.388 e. The zero-order valence-electron chi connectivity index (χ0n) is 24.0. The lowest BCUT2D eigenvalue weighted by Crippen LogP contribution is -2.07. The standard InChI is InChI=1S/C35H40N4O/c1-7-9-10-11-12-25-40-26-13-14-28-16-18-30(19-17-28)35-37-33(27(3)15-22-31(8-2)36-4)34(38-35)29-20-23-32(24-21-29)39(5)6/h7-24,36H,1,3,25-26H2,2,4-6H3,(H,37,38)/b10-9-,12-11-,14-13+,22-15-,31-8+. The van der Waals surface area contributed by atoms with E-state index < -0.39 is 0 Å². The number of hydrogen-bond acceptors (Lipinski definition) is 4. The molecular weight excluding hydrogens is 492 g/mol. The van der Waals surface area contributed by atoms with Crippen LogP contribution in [0.1, 0.15) is 18.2 Å². The summed E-state index contributed by atoms with van der Waals surface area (Å²) < 4.78 is 5.61. The third-order valence-electron chi connectivity index (χ3n) is 6.16. The zero-order chi connectivity index (χ0) is 28.7. The fourth-order valence-corrected chi connectivity index (χ4v) is 3.88. The van der Waals surface area contributed by atoms with Crippen molar-refractivity contribution in [3.8, 4) is 22.6 Å². The molecule has 2 N–H and O–H groups in total. The molecule has 0 bridgehead atoms. The van der Waals surface area contributed by atoms with Crippen LogP contribution in [0.3, 0.4) is 0 Å². The van der Waals surface area contributed by atoms with Gasteiger partial charge in [0.1, 0.15) is 5.82 Å². The first kappa shape index (κ1) is 29.9. The molecule has 0 saturated heterocycles. The molecule has 0 saturated carbocycles. The number of anilines is 1. The van der Waals surface area contributed by atoms with Gasteiger partial charge in [-0.1, -0.05) is 104 Å². The van der Waals surface area contributed by atoms with Crippen molar-refractivity contribution in [2.45, 2.75) is 6.92 Å². The smallest absolute Gasteiger partial charge is 0.138 e. The quantitative estimate of drug-likeness (QED) is 0.164. The third kappa shape index (κ3) is 8.72. The summed E-state index contributed by atoms with van der Waals surface area (Å²) in [5, 5.41) is 3.17. The molecular formula is C35H40N4O. The number of aromatic nitrogens is 2. The van der Waals surface area contributed by atoms with Crippen molar-refractivity contribution in [1.82, 2.24) is 15.3 Å². The van der Waals surface area contributed by atoms with Crippen molar-refractivity contribution in [2.75, 3.05) is 39.3 Å². The normalized spacial score (nSPS) is 12.2. The van der Waals surface area contributed by atoms with Crippen molar-refractivity contribution >= 4 is 17.3 Å². The van der Waals surface area contributed by atoms with Crippen molar-refractivity contribution in [3.63, 3.8) is 0 Å². The molecule has 1 aromatic heterocycles. The van der Waals surface area contributed by atoms with E-state index in [2.05, 4.69) is 83.0 Å². The number of allylic oxidation sites excluding steroid dienone is 8. The predicted molar refractivity (Wildman–Crippen MR) is 173 cm³/mol. The predicted octanol–water partition coefficient (Wildman–Crippen LogP) is 7.83. The second-order valence-corrected chi connectivity index (χ2v) is 9.21. The van der Waals surface area contributed by atoms with Crippen LogP contribution in [0, 0.1) is 0 Å². The van der Waals surface area contributed by atoms with Crippen LogP contribution in [-0.2, 0) is 4.74 Å². The first-order valence-electron chi connectivity index (χ1n) is 13.3.